The van der Waals surface area contributed by atoms with E-state index < -0.39 is 26.2 Å². The Labute approximate surface area is 174 Å². The third kappa shape index (κ3) is 5.37. The van der Waals surface area contributed by atoms with Gasteiger partial charge in [0, 0.05) is 11.8 Å². The van der Waals surface area contributed by atoms with Gasteiger partial charge in [0.05, 0.1) is 4.90 Å². The van der Waals surface area contributed by atoms with E-state index in [-0.39, 0.29) is 21.2 Å². The molecule has 0 aliphatic rings. The SMILES string of the molecule is Cc1ccc(S(=O)(=O)Oc2cccc(NC(=O)NS(=O)(=O)c3ccccc3)c2)cc1. The molecular formula is C20H18N2O6S2. The maximum atomic E-state index is 12.4. The smallest absolute Gasteiger partial charge is 0.339 e. The van der Waals surface area contributed by atoms with Crippen LogP contribution < -0.4 is 14.2 Å². The lowest BCUT2D eigenvalue weighted by atomic mass is 10.2. The summed E-state index contributed by atoms with van der Waals surface area (Å²) in [6, 6.07) is 18.1. The summed E-state index contributed by atoms with van der Waals surface area (Å²) >= 11 is 0. The van der Waals surface area contributed by atoms with Gasteiger partial charge in [0.2, 0.25) is 0 Å². The van der Waals surface area contributed by atoms with Gasteiger partial charge in [-0.2, -0.15) is 8.42 Å². The van der Waals surface area contributed by atoms with E-state index in [1.54, 1.807) is 18.2 Å². The molecule has 0 fully saturated rings. The lowest BCUT2D eigenvalue weighted by Crippen LogP contribution is -2.34. The Hall–Kier alpha value is -3.37. The van der Waals surface area contributed by atoms with Crippen molar-refractivity contribution in [3.8, 4) is 5.75 Å². The van der Waals surface area contributed by atoms with E-state index in [2.05, 4.69) is 5.32 Å². The molecule has 0 aromatic heterocycles. The van der Waals surface area contributed by atoms with Gasteiger partial charge in [0.15, 0.2) is 0 Å². The number of urea groups is 1. The van der Waals surface area contributed by atoms with Gasteiger partial charge in [-0.05, 0) is 43.3 Å². The normalized spacial score (nSPS) is 11.5. The molecule has 0 bridgehead atoms. The molecule has 0 saturated heterocycles. The second-order valence-corrected chi connectivity index (χ2v) is 9.48. The summed E-state index contributed by atoms with van der Waals surface area (Å²) in [5.74, 6) is -0.0423. The van der Waals surface area contributed by atoms with Crippen LogP contribution in [0.2, 0.25) is 0 Å². The summed E-state index contributed by atoms with van der Waals surface area (Å²) in [5.41, 5.74) is 1.05. The van der Waals surface area contributed by atoms with Crippen molar-refractivity contribution >= 4 is 31.9 Å². The highest BCUT2D eigenvalue weighted by Crippen LogP contribution is 2.22. The van der Waals surface area contributed by atoms with E-state index in [9.17, 15) is 21.6 Å². The molecule has 3 rings (SSSR count). The zero-order valence-electron chi connectivity index (χ0n) is 15.8. The van der Waals surface area contributed by atoms with E-state index in [1.165, 1.54) is 60.7 Å². The molecule has 156 valence electrons. The molecule has 30 heavy (non-hydrogen) atoms. The molecule has 3 aromatic rings. The van der Waals surface area contributed by atoms with Gasteiger partial charge in [-0.25, -0.2) is 17.9 Å². The first-order valence-electron chi connectivity index (χ1n) is 8.66. The maximum Gasteiger partial charge on any atom is 0.339 e. The summed E-state index contributed by atoms with van der Waals surface area (Å²) < 4.78 is 56.1. The number of amides is 2. The summed E-state index contributed by atoms with van der Waals surface area (Å²) in [5, 5.41) is 2.34. The quantitative estimate of drug-likeness (QED) is 0.561. The third-order valence-corrected chi connectivity index (χ3v) is 6.50. The fourth-order valence-corrected chi connectivity index (χ4v) is 4.29. The van der Waals surface area contributed by atoms with E-state index in [1.807, 2.05) is 11.6 Å². The Kier molecular flexibility index (Phi) is 6.09. The Morgan fingerprint density at radius 1 is 0.800 bits per heavy atom. The number of hydrogen-bond donors (Lipinski definition) is 2. The van der Waals surface area contributed by atoms with Crippen LogP contribution in [-0.4, -0.2) is 22.9 Å². The molecule has 0 spiro atoms. The van der Waals surface area contributed by atoms with Gasteiger partial charge in [0.25, 0.3) is 10.0 Å². The largest absolute Gasteiger partial charge is 0.379 e. The number of benzene rings is 3. The predicted molar refractivity (Wildman–Crippen MR) is 111 cm³/mol. The zero-order chi connectivity index (χ0) is 21.8. The molecule has 2 amide bonds. The molecule has 3 aromatic carbocycles. The van der Waals surface area contributed by atoms with Crippen molar-refractivity contribution in [3.05, 3.63) is 84.4 Å². The van der Waals surface area contributed by atoms with Crippen LogP contribution in [0.3, 0.4) is 0 Å². The maximum absolute atomic E-state index is 12.4. The van der Waals surface area contributed by atoms with Gasteiger partial charge in [0.1, 0.15) is 10.6 Å². The average molecular weight is 447 g/mol. The minimum Gasteiger partial charge on any atom is -0.379 e. The van der Waals surface area contributed by atoms with Crippen molar-refractivity contribution in [2.45, 2.75) is 16.7 Å². The molecular weight excluding hydrogens is 428 g/mol. The molecule has 0 unspecified atom stereocenters. The Morgan fingerprint density at radius 3 is 2.13 bits per heavy atom. The number of carbonyl (C=O) groups excluding carboxylic acids is 1. The van der Waals surface area contributed by atoms with Gasteiger partial charge in [-0.3, -0.25) is 0 Å². The number of nitrogens with one attached hydrogen (secondary N) is 2. The summed E-state index contributed by atoms with van der Waals surface area (Å²) in [7, 11) is -8.11. The molecule has 0 atom stereocenters. The topological polar surface area (TPSA) is 119 Å². The minimum absolute atomic E-state index is 0.0156. The van der Waals surface area contributed by atoms with Crippen molar-refractivity contribution in [1.82, 2.24) is 4.72 Å². The van der Waals surface area contributed by atoms with E-state index in [4.69, 9.17) is 4.18 Å². The standard InChI is InChI=1S/C20H18N2O6S2/c1-15-10-12-19(13-11-15)30(26,27)28-17-7-5-6-16(14-17)21-20(23)22-29(24,25)18-8-3-2-4-9-18/h2-14H,1H3,(H2,21,22,23). The fourth-order valence-electron chi connectivity index (χ4n) is 2.44. The van der Waals surface area contributed by atoms with Crippen LogP contribution >= 0.6 is 0 Å². The number of aryl methyl sites for hydroxylation is 1. The Balaban J connectivity index is 1.71. The summed E-state index contributed by atoms with van der Waals surface area (Å²) in [6.07, 6.45) is 0. The summed E-state index contributed by atoms with van der Waals surface area (Å²) in [4.78, 5) is 12.0. The first kappa shape index (κ1) is 21.3. The average Bonchev–Trinajstić information content (AvgIpc) is 2.68. The van der Waals surface area contributed by atoms with E-state index >= 15 is 0 Å². The fraction of sp³-hybridized carbons (Fsp3) is 0.0500. The first-order valence-corrected chi connectivity index (χ1v) is 11.5. The van der Waals surface area contributed by atoms with Crippen molar-refractivity contribution in [2.75, 3.05) is 5.32 Å². The van der Waals surface area contributed by atoms with Crippen LogP contribution in [0.15, 0.2) is 88.7 Å². The van der Waals surface area contributed by atoms with Gasteiger partial charge in [-0.1, -0.05) is 42.0 Å². The number of carbonyl (C=O) groups is 1. The van der Waals surface area contributed by atoms with E-state index in [0.717, 1.165) is 5.56 Å². The molecule has 0 aliphatic carbocycles. The van der Waals surface area contributed by atoms with Crippen LogP contribution in [0.1, 0.15) is 5.56 Å². The second kappa shape index (κ2) is 8.56. The Bertz CT molecular complexity index is 1260. The highest BCUT2D eigenvalue weighted by molar-refractivity contribution is 7.90. The third-order valence-electron chi connectivity index (χ3n) is 3.89. The molecule has 10 heteroatoms. The lowest BCUT2D eigenvalue weighted by molar-refractivity contribution is 0.256. The lowest BCUT2D eigenvalue weighted by Gasteiger charge is -2.11. The molecule has 8 nitrogen and oxygen atoms in total. The highest BCUT2D eigenvalue weighted by atomic mass is 32.2. The number of hydrogen-bond acceptors (Lipinski definition) is 6. The first-order chi connectivity index (χ1) is 14.2. The number of sulfonamides is 1. The van der Waals surface area contributed by atoms with Crippen LogP contribution in [0.4, 0.5) is 10.5 Å². The van der Waals surface area contributed by atoms with Crippen LogP contribution in [0, 0.1) is 6.92 Å². The van der Waals surface area contributed by atoms with Crippen molar-refractivity contribution in [3.63, 3.8) is 0 Å². The molecule has 0 radical (unpaired) electrons. The highest BCUT2D eigenvalue weighted by Gasteiger charge is 2.19. The summed E-state index contributed by atoms with van der Waals surface area (Å²) in [6.45, 7) is 1.83. The van der Waals surface area contributed by atoms with Crippen LogP contribution in [0.25, 0.3) is 0 Å². The van der Waals surface area contributed by atoms with Gasteiger partial charge >= 0.3 is 16.1 Å². The molecule has 2 N–H and O–H groups in total. The molecule has 0 heterocycles. The monoisotopic (exact) mass is 446 g/mol. The predicted octanol–water partition coefficient (Wildman–Crippen LogP) is 3.27. The number of rotatable bonds is 6. The zero-order valence-corrected chi connectivity index (χ0v) is 17.4. The van der Waals surface area contributed by atoms with Gasteiger partial charge in [-0.15, -0.1) is 0 Å². The van der Waals surface area contributed by atoms with Gasteiger partial charge < -0.3 is 9.50 Å². The minimum atomic E-state index is -4.06. The van der Waals surface area contributed by atoms with E-state index in [0.29, 0.717) is 0 Å². The molecule has 0 aliphatic heterocycles. The number of anilines is 1. The molecule has 0 saturated carbocycles. The van der Waals surface area contributed by atoms with Crippen LogP contribution in [0.5, 0.6) is 5.75 Å². The Morgan fingerprint density at radius 2 is 1.47 bits per heavy atom. The van der Waals surface area contributed by atoms with Crippen molar-refractivity contribution < 1.29 is 25.8 Å². The van der Waals surface area contributed by atoms with Crippen molar-refractivity contribution in [2.24, 2.45) is 0 Å². The van der Waals surface area contributed by atoms with Crippen molar-refractivity contribution in [1.29, 1.82) is 0 Å². The van der Waals surface area contributed by atoms with Crippen LogP contribution in [-0.2, 0) is 20.1 Å². The second-order valence-electron chi connectivity index (χ2n) is 6.25.